The van der Waals surface area contributed by atoms with Gasteiger partial charge in [0, 0.05) is 29.7 Å². The van der Waals surface area contributed by atoms with Gasteiger partial charge in [0.1, 0.15) is 5.78 Å². The van der Waals surface area contributed by atoms with E-state index in [2.05, 4.69) is 54.9 Å². The fourth-order valence-corrected chi connectivity index (χ4v) is 3.25. The van der Waals surface area contributed by atoms with Gasteiger partial charge >= 0.3 is 0 Å². The van der Waals surface area contributed by atoms with E-state index in [1.54, 1.807) is 6.08 Å². The molecule has 0 saturated heterocycles. The Bertz CT molecular complexity index is 838. The molecule has 0 amide bonds. The summed E-state index contributed by atoms with van der Waals surface area (Å²) in [5, 5.41) is 7.68. The lowest BCUT2D eigenvalue weighted by Gasteiger charge is -2.07. The van der Waals surface area contributed by atoms with E-state index in [9.17, 15) is 4.79 Å². The number of nitrogens with zero attached hydrogens (tertiary/aromatic N) is 1. The zero-order valence-electron chi connectivity index (χ0n) is 17.4. The molecule has 0 bridgehead atoms. The molecule has 0 aliphatic heterocycles. The number of Topliss-reactive ketones (excluding diaryl/α,β-unsaturated/α-hetero) is 1. The second-order valence-corrected chi connectivity index (χ2v) is 7.19. The molecule has 0 radical (unpaired) electrons. The van der Waals surface area contributed by atoms with Crippen LogP contribution in [-0.2, 0) is 24.1 Å². The van der Waals surface area contributed by atoms with Crippen LogP contribution >= 0.6 is 0 Å². The summed E-state index contributed by atoms with van der Waals surface area (Å²) in [6, 6.07) is 8.40. The average Bonchev–Trinajstić information content (AvgIpc) is 3.08. The number of rotatable bonds is 11. The first kappa shape index (κ1) is 21.6. The van der Waals surface area contributed by atoms with Crippen LogP contribution in [0.3, 0.4) is 0 Å². The maximum absolute atomic E-state index is 12.6. The maximum atomic E-state index is 12.6. The highest BCUT2D eigenvalue weighted by molar-refractivity contribution is 5.82. The van der Waals surface area contributed by atoms with Crippen molar-refractivity contribution < 1.29 is 4.79 Å². The first-order valence-corrected chi connectivity index (χ1v) is 10.2. The highest BCUT2D eigenvalue weighted by atomic mass is 16.1. The molecule has 0 saturated carbocycles. The van der Waals surface area contributed by atoms with Gasteiger partial charge in [0.2, 0.25) is 0 Å². The first-order valence-electron chi connectivity index (χ1n) is 10.2. The highest BCUT2D eigenvalue weighted by Crippen LogP contribution is 2.24. The lowest BCUT2D eigenvalue weighted by Crippen LogP contribution is -2.07. The number of H-pyrrole nitrogens is 1. The zero-order valence-corrected chi connectivity index (χ0v) is 17.4. The Morgan fingerprint density at radius 2 is 1.96 bits per heavy atom. The highest BCUT2D eigenvalue weighted by Gasteiger charge is 2.17. The number of ketones is 1. The Morgan fingerprint density at radius 1 is 1.21 bits per heavy atom. The number of carbonyl (C=O) groups is 1. The second-order valence-electron chi connectivity index (χ2n) is 7.19. The lowest BCUT2D eigenvalue weighted by atomic mass is 9.97. The standard InChI is InChI=1S/C25H32N2O/c1-5-8-11-23-24(26-27-25(23)21(9-6-2)10-7-3)18-22(28)17-16-20-14-12-19(4)13-15-20/h6-7,9-10,12-15H,2,5,8,11,16-18H2,1,3-4H3,(H,26,27)/b10-7-,21-9+. The average molecular weight is 377 g/mol. The summed E-state index contributed by atoms with van der Waals surface area (Å²) in [4.78, 5) is 12.6. The smallest absolute Gasteiger partial charge is 0.139 e. The molecule has 3 heteroatoms. The number of aromatic amines is 1. The van der Waals surface area contributed by atoms with Crippen LogP contribution < -0.4 is 0 Å². The van der Waals surface area contributed by atoms with Crippen LogP contribution in [0.4, 0.5) is 0 Å². The fraction of sp³-hybridized carbons (Fsp3) is 0.360. The van der Waals surface area contributed by atoms with Crippen molar-refractivity contribution in [1.29, 1.82) is 0 Å². The summed E-state index contributed by atoms with van der Waals surface area (Å²) < 4.78 is 0. The summed E-state index contributed by atoms with van der Waals surface area (Å²) in [5.41, 5.74) is 6.53. The van der Waals surface area contributed by atoms with Gasteiger partial charge in [-0.2, -0.15) is 5.10 Å². The molecule has 0 aliphatic carbocycles. The van der Waals surface area contributed by atoms with E-state index in [0.717, 1.165) is 48.2 Å². The van der Waals surface area contributed by atoms with Crippen molar-refractivity contribution in [2.75, 3.05) is 0 Å². The van der Waals surface area contributed by atoms with Gasteiger partial charge in [-0.3, -0.25) is 9.89 Å². The van der Waals surface area contributed by atoms with Crippen LogP contribution in [0.15, 0.2) is 55.1 Å². The summed E-state index contributed by atoms with van der Waals surface area (Å²) in [6.07, 6.45) is 12.6. The van der Waals surface area contributed by atoms with Gasteiger partial charge in [0.25, 0.3) is 0 Å². The Hall–Kier alpha value is -2.68. The number of aryl methyl sites for hydroxylation is 2. The number of hydrogen-bond acceptors (Lipinski definition) is 2. The molecular weight excluding hydrogens is 344 g/mol. The van der Waals surface area contributed by atoms with Crippen molar-refractivity contribution in [3.63, 3.8) is 0 Å². The molecule has 1 aromatic heterocycles. The topological polar surface area (TPSA) is 45.8 Å². The largest absolute Gasteiger partial charge is 0.299 e. The van der Waals surface area contributed by atoms with Gasteiger partial charge in [0.15, 0.2) is 0 Å². The fourth-order valence-electron chi connectivity index (χ4n) is 3.25. The SMILES string of the molecule is C=C/C=C(\C=C/C)c1n[nH]c(CC(=O)CCc2ccc(C)cc2)c1CCCC. The van der Waals surface area contributed by atoms with Crippen molar-refractivity contribution in [3.05, 3.63) is 83.2 Å². The number of allylic oxidation sites excluding steroid dienone is 5. The van der Waals surface area contributed by atoms with E-state index in [1.807, 2.05) is 25.2 Å². The number of benzene rings is 1. The normalized spacial score (nSPS) is 11.9. The number of hydrogen-bond donors (Lipinski definition) is 1. The van der Waals surface area contributed by atoms with E-state index in [4.69, 9.17) is 0 Å². The van der Waals surface area contributed by atoms with Crippen LogP contribution in [0, 0.1) is 6.92 Å². The monoisotopic (exact) mass is 376 g/mol. The van der Waals surface area contributed by atoms with Gasteiger partial charge in [-0.1, -0.05) is 74.1 Å². The van der Waals surface area contributed by atoms with Crippen molar-refractivity contribution in [2.24, 2.45) is 0 Å². The van der Waals surface area contributed by atoms with Gasteiger partial charge in [-0.15, -0.1) is 0 Å². The molecule has 1 heterocycles. The minimum Gasteiger partial charge on any atom is -0.299 e. The third kappa shape index (κ3) is 6.19. The van der Waals surface area contributed by atoms with Crippen molar-refractivity contribution >= 4 is 11.4 Å². The summed E-state index contributed by atoms with van der Waals surface area (Å²) in [6.45, 7) is 10.1. The number of aromatic nitrogens is 2. The molecule has 0 atom stereocenters. The molecule has 1 N–H and O–H groups in total. The molecule has 0 unspecified atom stereocenters. The van der Waals surface area contributed by atoms with Gasteiger partial charge in [-0.05, 0) is 38.7 Å². The molecule has 2 aromatic rings. The van der Waals surface area contributed by atoms with Crippen molar-refractivity contribution in [1.82, 2.24) is 10.2 Å². The van der Waals surface area contributed by atoms with Crippen molar-refractivity contribution in [2.45, 2.75) is 59.3 Å². The van der Waals surface area contributed by atoms with Gasteiger partial charge in [-0.25, -0.2) is 0 Å². The molecule has 0 spiro atoms. The van der Waals surface area contributed by atoms with Crippen LogP contribution in [0.5, 0.6) is 0 Å². The molecule has 0 fully saturated rings. The minimum absolute atomic E-state index is 0.244. The second kappa shape index (κ2) is 11.2. The molecular formula is C25H32N2O. The Kier molecular flexibility index (Phi) is 8.67. The van der Waals surface area contributed by atoms with Gasteiger partial charge < -0.3 is 0 Å². The molecule has 3 nitrogen and oxygen atoms in total. The predicted octanol–water partition coefficient (Wildman–Crippen LogP) is 5.95. The van der Waals surface area contributed by atoms with E-state index < -0.39 is 0 Å². The zero-order chi connectivity index (χ0) is 20.4. The minimum atomic E-state index is 0.244. The van der Waals surface area contributed by atoms with Crippen LogP contribution in [0.25, 0.3) is 5.57 Å². The summed E-state index contributed by atoms with van der Waals surface area (Å²) >= 11 is 0. The molecule has 1 aromatic carbocycles. The van der Waals surface area contributed by atoms with Crippen molar-refractivity contribution in [3.8, 4) is 0 Å². The van der Waals surface area contributed by atoms with Crippen LogP contribution in [0.1, 0.15) is 61.2 Å². The van der Waals surface area contributed by atoms with E-state index in [0.29, 0.717) is 12.8 Å². The Balaban J connectivity index is 2.14. The first-order chi connectivity index (χ1) is 13.6. The number of carbonyl (C=O) groups excluding carboxylic acids is 1. The third-order valence-corrected chi connectivity index (χ3v) is 4.84. The number of nitrogens with one attached hydrogen (secondary N) is 1. The van der Waals surface area contributed by atoms with Crippen LogP contribution in [0.2, 0.25) is 0 Å². The Labute approximate surface area is 169 Å². The maximum Gasteiger partial charge on any atom is 0.139 e. The number of unbranched alkanes of at least 4 members (excludes halogenated alkanes) is 1. The summed E-state index contributed by atoms with van der Waals surface area (Å²) in [7, 11) is 0. The Morgan fingerprint density at radius 3 is 2.61 bits per heavy atom. The molecule has 148 valence electrons. The van der Waals surface area contributed by atoms with E-state index >= 15 is 0 Å². The molecule has 28 heavy (non-hydrogen) atoms. The lowest BCUT2D eigenvalue weighted by molar-refractivity contribution is -0.118. The van der Waals surface area contributed by atoms with E-state index in [1.165, 1.54) is 11.1 Å². The van der Waals surface area contributed by atoms with Crippen LogP contribution in [-0.4, -0.2) is 16.0 Å². The molecule has 2 rings (SSSR count). The quantitative estimate of drug-likeness (QED) is 0.493. The third-order valence-electron chi connectivity index (χ3n) is 4.84. The molecule has 0 aliphatic rings. The summed E-state index contributed by atoms with van der Waals surface area (Å²) in [5.74, 6) is 0.244. The van der Waals surface area contributed by atoms with E-state index in [-0.39, 0.29) is 5.78 Å². The van der Waals surface area contributed by atoms with Gasteiger partial charge in [0.05, 0.1) is 5.69 Å². The predicted molar refractivity (Wildman–Crippen MR) is 118 cm³/mol.